The fourth-order valence-corrected chi connectivity index (χ4v) is 3.63. The van der Waals surface area contributed by atoms with Gasteiger partial charge in [-0.1, -0.05) is 97.9 Å². The summed E-state index contributed by atoms with van der Waals surface area (Å²) in [7, 11) is 0. The molecule has 35 heavy (non-hydrogen) atoms. The van der Waals surface area contributed by atoms with E-state index in [0.29, 0.717) is 5.71 Å². The first kappa shape index (κ1) is 25.9. The van der Waals surface area contributed by atoms with Crippen LogP contribution in [0.5, 0.6) is 0 Å². The summed E-state index contributed by atoms with van der Waals surface area (Å²) in [6.07, 6.45) is 0.0444. The lowest BCUT2D eigenvalue weighted by atomic mass is 9.96. The lowest BCUT2D eigenvalue weighted by Gasteiger charge is -2.24. The fraction of sp³-hybridized carbons (Fsp3) is 0.300. The number of hydrogen-bond acceptors (Lipinski definition) is 5. The molecule has 1 unspecified atom stereocenters. The molecule has 0 bridgehead atoms. The average Bonchev–Trinajstić information content (AvgIpc) is 2.83. The van der Waals surface area contributed by atoms with Crippen LogP contribution in [-0.2, 0) is 25.7 Å². The number of aliphatic imine (C=N–C) groups is 1. The van der Waals surface area contributed by atoms with Crippen LogP contribution in [0.3, 0.4) is 0 Å². The highest BCUT2D eigenvalue weighted by Gasteiger charge is 2.30. The van der Waals surface area contributed by atoms with Crippen molar-refractivity contribution < 1.29 is 19.1 Å². The van der Waals surface area contributed by atoms with Crippen molar-refractivity contribution in [1.29, 1.82) is 0 Å². The predicted molar refractivity (Wildman–Crippen MR) is 138 cm³/mol. The summed E-state index contributed by atoms with van der Waals surface area (Å²) in [6.45, 7) is 7.43. The van der Waals surface area contributed by atoms with E-state index < -0.39 is 23.5 Å². The molecule has 0 aliphatic heterocycles. The van der Waals surface area contributed by atoms with Crippen molar-refractivity contribution in [2.45, 2.75) is 52.4 Å². The van der Waals surface area contributed by atoms with Gasteiger partial charge in [-0.25, -0.2) is 4.79 Å². The molecule has 0 N–H and O–H groups in total. The molecule has 0 spiro atoms. The molecule has 3 aromatic rings. The largest absolute Gasteiger partial charge is 0.460 e. The molecule has 2 atom stereocenters. The van der Waals surface area contributed by atoms with E-state index in [2.05, 4.69) is 0 Å². The molecule has 0 heterocycles. The lowest BCUT2D eigenvalue weighted by molar-refractivity contribution is -0.156. The highest BCUT2D eigenvalue weighted by molar-refractivity contribution is 6.13. The van der Waals surface area contributed by atoms with Crippen molar-refractivity contribution >= 4 is 17.7 Å². The number of ether oxygens (including phenoxy) is 2. The first-order chi connectivity index (χ1) is 16.7. The summed E-state index contributed by atoms with van der Waals surface area (Å²) in [6, 6.07) is 28.0. The normalized spacial score (nSPS) is 12.8. The van der Waals surface area contributed by atoms with Gasteiger partial charge in [-0.3, -0.25) is 9.79 Å². The van der Waals surface area contributed by atoms with Gasteiger partial charge in [-0.15, -0.1) is 0 Å². The molecule has 0 radical (unpaired) electrons. The van der Waals surface area contributed by atoms with Crippen molar-refractivity contribution in [2.75, 3.05) is 0 Å². The van der Waals surface area contributed by atoms with Gasteiger partial charge in [-0.2, -0.15) is 0 Å². The van der Waals surface area contributed by atoms with Gasteiger partial charge >= 0.3 is 11.9 Å². The maximum Gasteiger partial charge on any atom is 0.331 e. The van der Waals surface area contributed by atoms with Crippen molar-refractivity contribution in [3.8, 4) is 0 Å². The first-order valence-electron chi connectivity index (χ1n) is 11.8. The number of rotatable bonds is 9. The van der Waals surface area contributed by atoms with E-state index in [1.165, 1.54) is 0 Å². The van der Waals surface area contributed by atoms with Crippen LogP contribution in [0.2, 0.25) is 0 Å². The van der Waals surface area contributed by atoms with Crippen LogP contribution in [0, 0.1) is 5.92 Å². The smallest absolute Gasteiger partial charge is 0.331 e. The molecule has 0 amide bonds. The third-order valence-corrected chi connectivity index (χ3v) is 5.28. The summed E-state index contributed by atoms with van der Waals surface area (Å²) in [5, 5.41) is 0. The highest BCUT2D eigenvalue weighted by atomic mass is 16.6. The minimum Gasteiger partial charge on any atom is -0.460 e. The Morgan fingerprint density at radius 1 is 0.800 bits per heavy atom. The van der Waals surface area contributed by atoms with Crippen LogP contribution in [-0.4, -0.2) is 29.3 Å². The van der Waals surface area contributed by atoms with Crippen molar-refractivity contribution in [3.05, 3.63) is 108 Å². The second kappa shape index (κ2) is 12.1. The van der Waals surface area contributed by atoms with Crippen molar-refractivity contribution in [3.63, 3.8) is 0 Å². The third kappa shape index (κ3) is 8.21. The number of benzene rings is 3. The van der Waals surface area contributed by atoms with Crippen LogP contribution in [0.4, 0.5) is 0 Å². The Hall–Kier alpha value is -3.73. The molecule has 0 aliphatic carbocycles. The number of carbonyl (C=O) groups excluding carboxylic acids is 2. The van der Waals surface area contributed by atoms with Crippen molar-refractivity contribution in [2.24, 2.45) is 10.9 Å². The molecule has 3 rings (SSSR count). The fourth-order valence-electron chi connectivity index (χ4n) is 3.63. The number of hydrogen-bond donors (Lipinski definition) is 0. The Morgan fingerprint density at radius 2 is 1.29 bits per heavy atom. The van der Waals surface area contributed by atoms with Crippen LogP contribution in [0.15, 0.2) is 96.0 Å². The lowest BCUT2D eigenvalue weighted by Crippen LogP contribution is -2.33. The molecule has 0 saturated heterocycles. The standard InChI is InChI=1S/C30H33NO4/c1-22(20-26(32)35-30(2,3)4)27(29(33)34-21-23-14-8-5-9-15-23)31-28(24-16-10-6-11-17-24)25-18-12-7-13-19-25/h5-19,22,27H,20-21H2,1-4H3/t22-,27?/m1/s1. The Bertz CT molecular complexity index is 1080. The maximum atomic E-state index is 13.3. The predicted octanol–water partition coefficient (Wildman–Crippen LogP) is 6.00. The summed E-state index contributed by atoms with van der Waals surface area (Å²) >= 11 is 0. The molecule has 0 saturated carbocycles. The van der Waals surface area contributed by atoms with Gasteiger partial charge in [0, 0.05) is 11.1 Å². The van der Waals surface area contributed by atoms with E-state index in [9.17, 15) is 9.59 Å². The number of carbonyl (C=O) groups is 2. The summed E-state index contributed by atoms with van der Waals surface area (Å²) < 4.78 is 11.2. The zero-order chi connectivity index (χ0) is 25.3. The minimum atomic E-state index is -0.887. The second-order valence-electron chi connectivity index (χ2n) is 9.52. The monoisotopic (exact) mass is 471 g/mol. The van der Waals surface area contributed by atoms with E-state index >= 15 is 0 Å². The number of esters is 2. The topological polar surface area (TPSA) is 65.0 Å². The van der Waals surface area contributed by atoms with Gasteiger partial charge in [0.05, 0.1) is 12.1 Å². The van der Waals surface area contributed by atoms with Crippen molar-refractivity contribution in [1.82, 2.24) is 0 Å². The molecule has 0 aliphatic rings. The summed E-state index contributed by atoms with van der Waals surface area (Å²) in [4.78, 5) is 30.8. The molecule has 182 valence electrons. The molecule has 0 fully saturated rings. The van der Waals surface area contributed by atoms with Gasteiger partial charge in [0.1, 0.15) is 12.2 Å². The molecule has 5 nitrogen and oxygen atoms in total. The summed E-state index contributed by atoms with van der Waals surface area (Å²) in [5.74, 6) is -1.29. The summed E-state index contributed by atoms with van der Waals surface area (Å²) in [5.41, 5.74) is 2.70. The van der Waals surface area contributed by atoms with Gasteiger partial charge in [0.15, 0.2) is 6.04 Å². The zero-order valence-electron chi connectivity index (χ0n) is 20.8. The SMILES string of the molecule is C[C@H](CC(=O)OC(C)(C)C)C(N=C(c1ccccc1)c1ccccc1)C(=O)OCc1ccccc1. The molecule has 0 aromatic heterocycles. The average molecular weight is 472 g/mol. The van der Waals surface area contributed by atoms with Crippen LogP contribution in [0.1, 0.15) is 50.8 Å². The van der Waals surface area contributed by atoms with Crippen LogP contribution in [0.25, 0.3) is 0 Å². The Morgan fingerprint density at radius 3 is 1.77 bits per heavy atom. The van der Waals surface area contributed by atoms with Crippen LogP contribution >= 0.6 is 0 Å². The molecule has 3 aromatic carbocycles. The van der Waals surface area contributed by atoms with E-state index in [0.717, 1.165) is 16.7 Å². The van der Waals surface area contributed by atoms with Gasteiger partial charge in [-0.05, 0) is 32.3 Å². The van der Waals surface area contributed by atoms with Gasteiger partial charge in [0.2, 0.25) is 0 Å². The Kier molecular flexibility index (Phi) is 8.96. The second-order valence-corrected chi connectivity index (χ2v) is 9.52. The highest BCUT2D eigenvalue weighted by Crippen LogP contribution is 2.21. The minimum absolute atomic E-state index is 0.0444. The molecule has 5 heteroatoms. The Labute approximate surface area is 207 Å². The maximum absolute atomic E-state index is 13.3. The van der Waals surface area contributed by atoms with E-state index in [-0.39, 0.29) is 19.0 Å². The number of nitrogens with zero attached hydrogens (tertiary/aromatic N) is 1. The first-order valence-corrected chi connectivity index (χ1v) is 11.8. The molecular formula is C30H33NO4. The quantitative estimate of drug-likeness (QED) is 0.283. The molecular weight excluding hydrogens is 438 g/mol. The van der Waals surface area contributed by atoms with Gasteiger partial charge in [0.25, 0.3) is 0 Å². The Balaban J connectivity index is 1.95. The zero-order valence-corrected chi connectivity index (χ0v) is 20.8. The van der Waals surface area contributed by atoms with E-state index in [4.69, 9.17) is 14.5 Å². The van der Waals surface area contributed by atoms with E-state index in [1.807, 2.05) is 119 Å². The van der Waals surface area contributed by atoms with Gasteiger partial charge < -0.3 is 9.47 Å². The third-order valence-electron chi connectivity index (χ3n) is 5.28. The van der Waals surface area contributed by atoms with Crippen LogP contribution < -0.4 is 0 Å². The van der Waals surface area contributed by atoms with E-state index in [1.54, 1.807) is 0 Å².